The highest BCUT2D eigenvalue weighted by atomic mass is 32.2. The van der Waals surface area contributed by atoms with Crippen LogP contribution in [0.15, 0.2) is 41.5 Å². The van der Waals surface area contributed by atoms with E-state index in [0.717, 1.165) is 36.5 Å². The normalized spacial score (nSPS) is 21.4. The van der Waals surface area contributed by atoms with Crippen molar-refractivity contribution in [3.8, 4) is 5.75 Å². The van der Waals surface area contributed by atoms with Gasteiger partial charge in [0.15, 0.2) is 10.5 Å². The molecule has 2 amide bonds. The van der Waals surface area contributed by atoms with E-state index in [1.807, 2.05) is 44.2 Å². The lowest BCUT2D eigenvalue weighted by atomic mass is 9.96. The van der Waals surface area contributed by atoms with E-state index in [2.05, 4.69) is 10.4 Å². The molecule has 1 heterocycles. The zero-order valence-corrected chi connectivity index (χ0v) is 19.8. The van der Waals surface area contributed by atoms with Crippen LogP contribution in [0.3, 0.4) is 0 Å². The van der Waals surface area contributed by atoms with Gasteiger partial charge in [-0.25, -0.2) is 9.80 Å². The van der Waals surface area contributed by atoms with Crippen LogP contribution in [0.5, 0.6) is 5.75 Å². The predicted octanol–water partition coefficient (Wildman–Crippen LogP) is 5.05. The number of carbonyl (C=O) groups is 1. The number of thiocarbonyl (C=S) groups is 1. The van der Waals surface area contributed by atoms with E-state index < -0.39 is 16.9 Å². The Morgan fingerprint density at radius 2 is 1.97 bits per heavy atom. The summed E-state index contributed by atoms with van der Waals surface area (Å²) in [6.45, 7) is 3.83. The van der Waals surface area contributed by atoms with Crippen molar-refractivity contribution >= 4 is 51.3 Å². The van der Waals surface area contributed by atoms with Gasteiger partial charge in [0.25, 0.3) is 0 Å². The Bertz CT molecular complexity index is 1050. The van der Waals surface area contributed by atoms with Crippen LogP contribution in [0, 0.1) is 0 Å². The molecule has 1 aliphatic heterocycles. The molecule has 7 nitrogen and oxygen atoms in total. The average molecular weight is 473 g/mol. The Morgan fingerprint density at radius 3 is 2.72 bits per heavy atom. The van der Waals surface area contributed by atoms with Crippen molar-refractivity contribution < 1.29 is 15.1 Å². The van der Waals surface area contributed by atoms with Crippen molar-refractivity contribution in [2.45, 2.75) is 62.9 Å². The fourth-order valence-corrected chi connectivity index (χ4v) is 6.15. The van der Waals surface area contributed by atoms with Crippen molar-refractivity contribution in [1.82, 2.24) is 15.4 Å². The van der Waals surface area contributed by atoms with E-state index in [1.54, 1.807) is 6.07 Å². The second kappa shape index (κ2) is 9.25. The molecule has 2 aliphatic rings. The summed E-state index contributed by atoms with van der Waals surface area (Å²) in [6.07, 6.45) is 5.92. The summed E-state index contributed by atoms with van der Waals surface area (Å²) in [7, 11) is 0. The molecule has 2 aromatic carbocycles. The number of phenols is 1. The number of nitrogens with zero attached hydrogens (tertiary/aromatic N) is 3. The molecule has 1 unspecified atom stereocenters. The van der Waals surface area contributed by atoms with Crippen LogP contribution >= 0.6 is 24.0 Å². The molecule has 1 saturated carbocycles. The van der Waals surface area contributed by atoms with E-state index >= 15 is 0 Å². The monoisotopic (exact) mass is 472 g/mol. The third-order valence-corrected chi connectivity index (χ3v) is 7.56. The quantitative estimate of drug-likeness (QED) is 0.250. The summed E-state index contributed by atoms with van der Waals surface area (Å²) in [5, 5.41) is 32.8. The van der Waals surface area contributed by atoms with Gasteiger partial charge in [-0.15, -0.1) is 0 Å². The Morgan fingerprint density at radius 1 is 1.25 bits per heavy atom. The number of rotatable bonds is 4. The van der Waals surface area contributed by atoms with E-state index in [4.69, 9.17) is 12.2 Å². The van der Waals surface area contributed by atoms with Gasteiger partial charge in [0.1, 0.15) is 5.75 Å². The largest absolute Gasteiger partial charge is 0.507 e. The summed E-state index contributed by atoms with van der Waals surface area (Å²) < 4.78 is -0.145. The molecule has 1 aliphatic carbocycles. The standard InChI is InChI=1S/C23H28N4O3S2/c1-23(2)20(27(30)21(29)25-16-9-4-3-5-10-16)26(22(31)32-23)24-14-18-17-11-7-6-8-15(17)12-13-19(18)28/h6-8,11-14,16,20,28,30H,3-5,9-10H2,1-2H3,(H,25,29)/b24-14+. The lowest BCUT2D eigenvalue weighted by Crippen LogP contribution is -2.57. The molecule has 1 atom stereocenters. The van der Waals surface area contributed by atoms with Crippen LogP contribution in [0.1, 0.15) is 51.5 Å². The Balaban J connectivity index is 1.60. The molecule has 3 N–H and O–H groups in total. The number of hydrogen-bond acceptors (Lipinski definition) is 6. The van der Waals surface area contributed by atoms with Gasteiger partial charge in [-0.3, -0.25) is 5.21 Å². The van der Waals surface area contributed by atoms with E-state index in [0.29, 0.717) is 14.9 Å². The molecule has 2 aromatic rings. The molecular formula is C23H28N4O3S2. The van der Waals surface area contributed by atoms with E-state index in [1.165, 1.54) is 29.4 Å². The zero-order chi connectivity index (χ0) is 22.9. The first-order chi connectivity index (χ1) is 15.3. The first-order valence-electron chi connectivity index (χ1n) is 10.8. The van der Waals surface area contributed by atoms with Gasteiger partial charge in [-0.2, -0.15) is 10.2 Å². The summed E-state index contributed by atoms with van der Waals surface area (Å²) in [4.78, 5) is 12.8. The minimum absolute atomic E-state index is 0.0691. The molecule has 170 valence electrons. The van der Waals surface area contributed by atoms with Crippen molar-refractivity contribution in [3.05, 3.63) is 42.0 Å². The molecule has 32 heavy (non-hydrogen) atoms. The van der Waals surface area contributed by atoms with Crippen LogP contribution in [-0.2, 0) is 0 Å². The first-order valence-corrected chi connectivity index (χ1v) is 12.1. The van der Waals surface area contributed by atoms with Crippen molar-refractivity contribution in [2.75, 3.05) is 0 Å². The van der Waals surface area contributed by atoms with Gasteiger partial charge in [-0.05, 0) is 43.5 Å². The number of hydroxylamine groups is 2. The summed E-state index contributed by atoms with van der Waals surface area (Å²) >= 11 is 6.89. The second-order valence-corrected chi connectivity index (χ2v) is 11.1. The van der Waals surface area contributed by atoms with Crippen LogP contribution in [0.2, 0.25) is 0 Å². The molecule has 2 fully saturated rings. The minimum atomic E-state index is -0.794. The topological polar surface area (TPSA) is 88.4 Å². The number of fused-ring (bicyclic) bond motifs is 1. The lowest BCUT2D eigenvalue weighted by molar-refractivity contribution is -0.119. The Hall–Kier alpha value is -2.36. The number of hydrogen-bond donors (Lipinski definition) is 3. The highest BCUT2D eigenvalue weighted by molar-refractivity contribution is 8.24. The van der Waals surface area contributed by atoms with Gasteiger partial charge in [0.05, 0.1) is 11.0 Å². The predicted molar refractivity (Wildman–Crippen MR) is 132 cm³/mol. The molecule has 0 spiro atoms. The number of phenolic OH excluding ortho intramolecular Hbond substituents is 1. The molecular weight excluding hydrogens is 444 g/mol. The third kappa shape index (κ3) is 4.55. The van der Waals surface area contributed by atoms with Gasteiger partial charge in [0.2, 0.25) is 0 Å². The van der Waals surface area contributed by atoms with Crippen LogP contribution in [-0.4, -0.2) is 53.9 Å². The Labute approximate surface area is 197 Å². The SMILES string of the molecule is CC1(C)SC(=S)N(/N=C/c2c(O)ccc3ccccc23)C1N(O)C(=O)NC1CCCCC1. The number of aromatic hydroxyl groups is 1. The second-order valence-electron chi connectivity index (χ2n) is 8.78. The molecule has 4 rings (SSSR count). The number of benzene rings is 2. The van der Waals surface area contributed by atoms with Crippen LogP contribution in [0.25, 0.3) is 10.8 Å². The highest BCUT2D eigenvalue weighted by Crippen LogP contribution is 2.42. The number of carbonyl (C=O) groups excluding carboxylic acids is 1. The van der Waals surface area contributed by atoms with Gasteiger partial charge >= 0.3 is 6.03 Å². The van der Waals surface area contributed by atoms with Crippen molar-refractivity contribution in [1.29, 1.82) is 0 Å². The number of urea groups is 1. The molecule has 0 radical (unpaired) electrons. The fraction of sp³-hybridized carbons (Fsp3) is 0.435. The highest BCUT2D eigenvalue weighted by Gasteiger charge is 2.50. The smallest absolute Gasteiger partial charge is 0.343 e. The number of hydrazone groups is 1. The maximum absolute atomic E-state index is 12.8. The first kappa shape index (κ1) is 22.8. The average Bonchev–Trinajstić information content (AvgIpc) is 3.00. The van der Waals surface area contributed by atoms with Crippen LogP contribution < -0.4 is 5.32 Å². The summed E-state index contributed by atoms with van der Waals surface area (Å²) in [6, 6.07) is 10.7. The van der Waals surface area contributed by atoms with Crippen molar-refractivity contribution in [3.63, 3.8) is 0 Å². The number of nitrogens with one attached hydrogen (secondary N) is 1. The molecule has 9 heteroatoms. The Kier molecular flexibility index (Phi) is 6.60. The fourth-order valence-electron chi connectivity index (χ4n) is 4.37. The molecule has 1 saturated heterocycles. The van der Waals surface area contributed by atoms with Crippen LogP contribution in [0.4, 0.5) is 4.79 Å². The summed E-state index contributed by atoms with van der Waals surface area (Å²) in [5.74, 6) is 0.0944. The number of amides is 2. The number of thioether (sulfide) groups is 1. The summed E-state index contributed by atoms with van der Waals surface area (Å²) in [5.41, 5.74) is 0.551. The third-order valence-electron chi connectivity index (χ3n) is 6.02. The molecule has 0 aromatic heterocycles. The maximum Gasteiger partial charge on any atom is 0.343 e. The maximum atomic E-state index is 12.8. The minimum Gasteiger partial charge on any atom is -0.507 e. The van der Waals surface area contributed by atoms with E-state index in [-0.39, 0.29) is 11.8 Å². The molecule has 0 bridgehead atoms. The zero-order valence-electron chi connectivity index (χ0n) is 18.2. The van der Waals surface area contributed by atoms with Gasteiger partial charge < -0.3 is 10.4 Å². The van der Waals surface area contributed by atoms with Gasteiger partial charge in [-0.1, -0.05) is 73.6 Å². The van der Waals surface area contributed by atoms with Gasteiger partial charge in [0, 0.05) is 11.6 Å². The lowest BCUT2D eigenvalue weighted by Gasteiger charge is -2.35. The van der Waals surface area contributed by atoms with E-state index in [9.17, 15) is 15.1 Å². The van der Waals surface area contributed by atoms with Crippen molar-refractivity contribution in [2.24, 2.45) is 5.10 Å².